The standard InChI is InChI=1S/C16H24N2O/c1-12(2)10-18(13(3)4)11-14-6-7-15(9-17)16(8-14)19-5/h6-8,12-13H,10-11H2,1-5H3. The molecule has 0 aliphatic rings. The third-order valence-electron chi connectivity index (χ3n) is 3.10. The number of ether oxygens (including phenoxy) is 1. The molecule has 0 unspecified atom stereocenters. The lowest BCUT2D eigenvalue weighted by molar-refractivity contribution is 0.189. The normalized spacial score (nSPS) is 11.1. The van der Waals surface area contributed by atoms with Gasteiger partial charge in [0.2, 0.25) is 0 Å². The molecule has 0 aliphatic carbocycles. The molecule has 0 heterocycles. The van der Waals surface area contributed by atoms with Crippen molar-refractivity contribution in [3.63, 3.8) is 0 Å². The van der Waals surface area contributed by atoms with Crippen molar-refractivity contribution in [1.29, 1.82) is 5.26 Å². The lowest BCUT2D eigenvalue weighted by Gasteiger charge is -2.28. The Bertz CT molecular complexity index is 447. The summed E-state index contributed by atoms with van der Waals surface area (Å²) in [6.07, 6.45) is 0. The summed E-state index contributed by atoms with van der Waals surface area (Å²) in [5.74, 6) is 1.30. The topological polar surface area (TPSA) is 36.3 Å². The van der Waals surface area contributed by atoms with Crippen LogP contribution in [0.5, 0.6) is 5.75 Å². The highest BCUT2D eigenvalue weighted by molar-refractivity contribution is 5.45. The van der Waals surface area contributed by atoms with E-state index < -0.39 is 0 Å². The van der Waals surface area contributed by atoms with Crippen molar-refractivity contribution in [2.24, 2.45) is 5.92 Å². The summed E-state index contributed by atoms with van der Waals surface area (Å²) >= 11 is 0. The predicted octanol–water partition coefficient (Wildman–Crippen LogP) is 3.43. The lowest BCUT2D eigenvalue weighted by Crippen LogP contribution is -2.33. The average Bonchev–Trinajstić information content (AvgIpc) is 2.37. The SMILES string of the molecule is COc1cc(CN(CC(C)C)C(C)C)ccc1C#N. The van der Waals surface area contributed by atoms with Crippen LogP contribution in [-0.4, -0.2) is 24.6 Å². The minimum absolute atomic E-state index is 0.504. The maximum Gasteiger partial charge on any atom is 0.136 e. The van der Waals surface area contributed by atoms with Crippen molar-refractivity contribution in [1.82, 2.24) is 4.90 Å². The zero-order valence-corrected chi connectivity index (χ0v) is 12.6. The molecule has 3 nitrogen and oxygen atoms in total. The van der Waals surface area contributed by atoms with Gasteiger partial charge < -0.3 is 4.74 Å². The van der Waals surface area contributed by atoms with E-state index in [9.17, 15) is 0 Å². The van der Waals surface area contributed by atoms with E-state index in [1.807, 2.05) is 18.2 Å². The summed E-state index contributed by atoms with van der Waals surface area (Å²) in [4.78, 5) is 2.44. The third-order valence-corrected chi connectivity index (χ3v) is 3.10. The van der Waals surface area contributed by atoms with E-state index in [2.05, 4.69) is 38.7 Å². The fourth-order valence-corrected chi connectivity index (χ4v) is 2.09. The highest BCUT2D eigenvalue weighted by Crippen LogP contribution is 2.21. The molecule has 0 saturated heterocycles. The van der Waals surface area contributed by atoms with Crippen LogP contribution in [0.15, 0.2) is 18.2 Å². The molecule has 0 aromatic heterocycles. The summed E-state index contributed by atoms with van der Waals surface area (Å²) in [7, 11) is 1.61. The van der Waals surface area contributed by atoms with Crippen molar-refractivity contribution >= 4 is 0 Å². The molecule has 0 amide bonds. The second-order valence-corrected chi connectivity index (χ2v) is 5.56. The largest absolute Gasteiger partial charge is 0.495 e. The Kier molecular flexibility index (Phi) is 5.85. The molecule has 1 rings (SSSR count). The van der Waals surface area contributed by atoms with Crippen LogP contribution < -0.4 is 4.74 Å². The average molecular weight is 260 g/mol. The first-order valence-electron chi connectivity index (χ1n) is 6.79. The van der Waals surface area contributed by atoms with Gasteiger partial charge in [0.15, 0.2) is 0 Å². The number of benzene rings is 1. The first-order chi connectivity index (χ1) is 8.97. The summed E-state index contributed by atoms with van der Waals surface area (Å²) in [5, 5.41) is 8.99. The van der Waals surface area contributed by atoms with Gasteiger partial charge in [-0.15, -0.1) is 0 Å². The molecule has 0 N–H and O–H groups in total. The summed E-state index contributed by atoms with van der Waals surface area (Å²) in [5.41, 5.74) is 1.77. The third kappa shape index (κ3) is 4.57. The van der Waals surface area contributed by atoms with Crippen LogP contribution in [-0.2, 0) is 6.54 Å². The Balaban J connectivity index is 2.88. The number of rotatable bonds is 6. The smallest absolute Gasteiger partial charge is 0.136 e. The lowest BCUT2D eigenvalue weighted by atomic mass is 10.1. The maximum atomic E-state index is 8.99. The van der Waals surface area contributed by atoms with Crippen LogP contribution in [0.3, 0.4) is 0 Å². The second-order valence-electron chi connectivity index (χ2n) is 5.56. The zero-order valence-electron chi connectivity index (χ0n) is 12.6. The molecule has 3 heteroatoms. The molecule has 19 heavy (non-hydrogen) atoms. The maximum absolute atomic E-state index is 8.99. The van der Waals surface area contributed by atoms with Gasteiger partial charge in [0.1, 0.15) is 11.8 Å². The number of hydrogen-bond acceptors (Lipinski definition) is 3. The highest BCUT2D eigenvalue weighted by Gasteiger charge is 2.13. The summed E-state index contributed by atoms with van der Waals surface area (Å²) < 4.78 is 5.26. The van der Waals surface area contributed by atoms with Crippen LogP contribution >= 0.6 is 0 Å². The van der Waals surface area contributed by atoms with Gasteiger partial charge in [0.25, 0.3) is 0 Å². The Morgan fingerprint density at radius 1 is 1.26 bits per heavy atom. The summed E-state index contributed by atoms with van der Waals surface area (Å²) in [6.45, 7) is 10.8. The van der Waals surface area contributed by atoms with Gasteiger partial charge >= 0.3 is 0 Å². The fourth-order valence-electron chi connectivity index (χ4n) is 2.09. The first-order valence-corrected chi connectivity index (χ1v) is 6.79. The summed E-state index contributed by atoms with van der Waals surface area (Å²) in [6, 6.07) is 8.46. The molecule has 1 aromatic rings. The monoisotopic (exact) mass is 260 g/mol. The van der Waals surface area contributed by atoms with E-state index in [0.29, 0.717) is 23.3 Å². The quantitative estimate of drug-likeness (QED) is 0.786. The van der Waals surface area contributed by atoms with Crippen LogP contribution in [0.2, 0.25) is 0 Å². The Labute approximate surface area is 116 Å². The van der Waals surface area contributed by atoms with Gasteiger partial charge in [-0.2, -0.15) is 5.26 Å². The van der Waals surface area contributed by atoms with E-state index in [1.54, 1.807) is 7.11 Å². The van der Waals surface area contributed by atoms with E-state index >= 15 is 0 Å². The van der Waals surface area contributed by atoms with E-state index in [0.717, 1.165) is 13.1 Å². The van der Waals surface area contributed by atoms with Crippen LogP contribution in [0.1, 0.15) is 38.8 Å². The van der Waals surface area contributed by atoms with Gasteiger partial charge in [-0.3, -0.25) is 4.90 Å². The molecular formula is C16H24N2O. The van der Waals surface area contributed by atoms with Gasteiger partial charge in [-0.05, 0) is 37.5 Å². The minimum Gasteiger partial charge on any atom is -0.495 e. The molecule has 104 valence electrons. The van der Waals surface area contributed by atoms with E-state index in [-0.39, 0.29) is 0 Å². The predicted molar refractivity (Wildman–Crippen MR) is 78.1 cm³/mol. The van der Waals surface area contributed by atoms with Crippen molar-refractivity contribution < 1.29 is 4.74 Å². The van der Waals surface area contributed by atoms with Crippen molar-refractivity contribution in [2.75, 3.05) is 13.7 Å². The number of nitriles is 1. The molecule has 0 fully saturated rings. The highest BCUT2D eigenvalue weighted by atomic mass is 16.5. The van der Waals surface area contributed by atoms with Gasteiger partial charge in [-0.25, -0.2) is 0 Å². The Hall–Kier alpha value is -1.53. The molecule has 0 radical (unpaired) electrons. The Morgan fingerprint density at radius 2 is 1.95 bits per heavy atom. The molecule has 0 aliphatic heterocycles. The molecule has 0 spiro atoms. The van der Waals surface area contributed by atoms with Gasteiger partial charge in [-0.1, -0.05) is 19.9 Å². The van der Waals surface area contributed by atoms with Gasteiger partial charge in [0.05, 0.1) is 12.7 Å². The minimum atomic E-state index is 0.504. The van der Waals surface area contributed by atoms with Crippen molar-refractivity contribution in [2.45, 2.75) is 40.3 Å². The van der Waals surface area contributed by atoms with E-state index in [4.69, 9.17) is 10.00 Å². The molecule has 0 saturated carbocycles. The molecule has 0 atom stereocenters. The van der Waals surface area contributed by atoms with Crippen LogP contribution in [0, 0.1) is 17.2 Å². The van der Waals surface area contributed by atoms with E-state index in [1.165, 1.54) is 5.56 Å². The number of methoxy groups -OCH3 is 1. The zero-order chi connectivity index (χ0) is 14.4. The fraction of sp³-hybridized carbons (Fsp3) is 0.562. The van der Waals surface area contributed by atoms with Crippen molar-refractivity contribution in [3.8, 4) is 11.8 Å². The van der Waals surface area contributed by atoms with Crippen LogP contribution in [0.25, 0.3) is 0 Å². The Morgan fingerprint density at radius 3 is 2.42 bits per heavy atom. The number of nitrogens with zero attached hydrogens (tertiary/aromatic N) is 2. The van der Waals surface area contributed by atoms with Gasteiger partial charge in [0, 0.05) is 19.1 Å². The number of hydrogen-bond donors (Lipinski definition) is 0. The van der Waals surface area contributed by atoms with Crippen molar-refractivity contribution in [3.05, 3.63) is 29.3 Å². The first kappa shape index (κ1) is 15.5. The molecular weight excluding hydrogens is 236 g/mol. The molecule has 1 aromatic carbocycles. The second kappa shape index (κ2) is 7.16. The van der Waals surface area contributed by atoms with Crippen LogP contribution in [0.4, 0.5) is 0 Å². The molecule has 0 bridgehead atoms.